The number of carboxylic acid groups (broad SMARTS) is 1. The van der Waals surface area contributed by atoms with Crippen molar-refractivity contribution in [1.29, 1.82) is 0 Å². The minimum Gasteiger partial charge on any atom is -0.481 e. The maximum absolute atomic E-state index is 11.2. The molecule has 1 aliphatic carbocycles. The monoisotopic (exact) mass is 214 g/mol. The highest BCUT2D eigenvalue weighted by molar-refractivity contribution is 5.71. The molecule has 0 bridgehead atoms. The molecule has 0 radical (unpaired) electrons. The van der Waals surface area contributed by atoms with Gasteiger partial charge in [0.1, 0.15) is 0 Å². The predicted molar refractivity (Wildman–Crippen MR) is 58.6 cm³/mol. The van der Waals surface area contributed by atoms with Gasteiger partial charge in [0.15, 0.2) is 0 Å². The van der Waals surface area contributed by atoms with Crippen molar-refractivity contribution in [3.05, 3.63) is 0 Å². The fraction of sp³-hybridized carbons (Fsp3) is 0.917. The summed E-state index contributed by atoms with van der Waals surface area (Å²) in [4.78, 5) is 11.2. The van der Waals surface area contributed by atoms with Crippen LogP contribution in [0.25, 0.3) is 0 Å². The molecule has 0 aromatic rings. The van der Waals surface area contributed by atoms with E-state index in [1.165, 1.54) is 6.42 Å². The molecule has 3 heteroatoms. The lowest BCUT2D eigenvalue weighted by Gasteiger charge is -2.36. The average Bonchev–Trinajstić information content (AvgIpc) is 2.18. The van der Waals surface area contributed by atoms with Crippen molar-refractivity contribution in [2.75, 3.05) is 0 Å². The first-order valence-corrected chi connectivity index (χ1v) is 5.94. The number of hydrogen-bond donors (Lipinski definition) is 2. The summed E-state index contributed by atoms with van der Waals surface area (Å²) in [6.45, 7) is 3.50. The molecule has 88 valence electrons. The summed E-state index contributed by atoms with van der Waals surface area (Å²) < 4.78 is 0. The van der Waals surface area contributed by atoms with Gasteiger partial charge in [0.2, 0.25) is 0 Å². The van der Waals surface area contributed by atoms with Crippen LogP contribution >= 0.6 is 0 Å². The van der Waals surface area contributed by atoms with Gasteiger partial charge in [-0.3, -0.25) is 4.79 Å². The van der Waals surface area contributed by atoms with Gasteiger partial charge in [-0.1, -0.05) is 26.2 Å². The molecule has 0 aliphatic heterocycles. The molecular formula is C12H22O3. The number of hydrogen-bond acceptors (Lipinski definition) is 2. The maximum atomic E-state index is 11.2. The van der Waals surface area contributed by atoms with Crippen LogP contribution in [0.5, 0.6) is 0 Å². The molecule has 0 saturated heterocycles. The van der Waals surface area contributed by atoms with E-state index in [2.05, 4.69) is 0 Å². The van der Waals surface area contributed by atoms with E-state index >= 15 is 0 Å². The van der Waals surface area contributed by atoms with E-state index in [0.29, 0.717) is 6.42 Å². The first-order valence-electron chi connectivity index (χ1n) is 5.94. The minimum absolute atomic E-state index is 0.159. The standard InChI is InChI=1S/C12H22O3/c1-3-12(2,15)10(11(13)14)9-7-5-4-6-8-9/h9-10,15H,3-8H2,1-2H3,(H,13,14)/t10-,12+/m0/s1. The second kappa shape index (κ2) is 4.97. The van der Waals surface area contributed by atoms with E-state index in [-0.39, 0.29) is 5.92 Å². The van der Waals surface area contributed by atoms with Crippen molar-refractivity contribution < 1.29 is 15.0 Å². The molecule has 0 unspecified atom stereocenters. The van der Waals surface area contributed by atoms with Crippen molar-refractivity contribution in [1.82, 2.24) is 0 Å². The molecule has 0 amide bonds. The molecule has 0 spiro atoms. The van der Waals surface area contributed by atoms with Crippen LogP contribution in [0.3, 0.4) is 0 Å². The van der Waals surface area contributed by atoms with Crippen molar-refractivity contribution in [2.24, 2.45) is 11.8 Å². The summed E-state index contributed by atoms with van der Waals surface area (Å²) in [6.07, 6.45) is 5.82. The highest BCUT2D eigenvalue weighted by atomic mass is 16.4. The molecule has 1 fully saturated rings. The molecule has 15 heavy (non-hydrogen) atoms. The van der Waals surface area contributed by atoms with E-state index in [1.54, 1.807) is 6.92 Å². The molecule has 2 atom stereocenters. The fourth-order valence-electron chi connectivity index (χ4n) is 2.66. The molecule has 1 rings (SSSR count). The van der Waals surface area contributed by atoms with E-state index in [1.807, 2.05) is 6.92 Å². The summed E-state index contributed by atoms with van der Waals surface area (Å²) in [5, 5.41) is 19.4. The highest BCUT2D eigenvalue weighted by Gasteiger charge is 2.41. The van der Waals surface area contributed by atoms with Gasteiger partial charge in [-0.15, -0.1) is 0 Å². The summed E-state index contributed by atoms with van der Waals surface area (Å²) in [7, 11) is 0. The topological polar surface area (TPSA) is 57.5 Å². The van der Waals surface area contributed by atoms with Gasteiger partial charge in [0.05, 0.1) is 11.5 Å². The molecule has 2 N–H and O–H groups in total. The largest absolute Gasteiger partial charge is 0.481 e. The van der Waals surface area contributed by atoms with Crippen LogP contribution in [-0.2, 0) is 4.79 Å². The Morgan fingerprint density at radius 1 is 1.40 bits per heavy atom. The molecule has 0 heterocycles. The fourth-order valence-corrected chi connectivity index (χ4v) is 2.66. The zero-order chi connectivity index (χ0) is 11.5. The number of aliphatic carboxylic acids is 1. The minimum atomic E-state index is -1.06. The van der Waals surface area contributed by atoms with Gasteiger partial charge in [-0.2, -0.15) is 0 Å². The predicted octanol–water partition coefficient (Wildman–Crippen LogP) is 2.43. The smallest absolute Gasteiger partial charge is 0.309 e. The molecule has 0 aromatic heterocycles. The van der Waals surface area contributed by atoms with Gasteiger partial charge >= 0.3 is 5.97 Å². The summed E-state index contributed by atoms with van der Waals surface area (Å²) in [5.41, 5.74) is -1.06. The first kappa shape index (κ1) is 12.5. The van der Waals surface area contributed by atoms with Crippen LogP contribution < -0.4 is 0 Å². The number of carboxylic acids is 1. The molecule has 1 saturated carbocycles. The van der Waals surface area contributed by atoms with Crippen LogP contribution in [0.1, 0.15) is 52.4 Å². The summed E-state index contributed by atoms with van der Waals surface area (Å²) >= 11 is 0. The molecule has 0 aromatic carbocycles. The Labute approximate surface area is 91.5 Å². The van der Waals surface area contributed by atoms with Crippen molar-refractivity contribution in [3.63, 3.8) is 0 Å². The zero-order valence-electron chi connectivity index (χ0n) is 9.70. The highest BCUT2D eigenvalue weighted by Crippen LogP contribution is 2.37. The SMILES string of the molecule is CC[C@@](C)(O)[C@H](C(=O)O)C1CCCCC1. The third-order valence-corrected chi connectivity index (χ3v) is 3.77. The van der Waals surface area contributed by atoms with E-state index in [9.17, 15) is 15.0 Å². The third-order valence-electron chi connectivity index (χ3n) is 3.77. The average molecular weight is 214 g/mol. The first-order chi connectivity index (χ1) is 6.99. The van der Waals surface area contributed by atoms with E-state index in [0.717, 1.165) is 25.7 Å². The van der Waals surface area contributed by atoms with Gasteiger partial charge in [-0.25, -0.2) is 0 Å². The number of aliphatic hydroxyl groups is 1. The summed E-state index contributed by atoms with van der Waals surface area (Å²) in [5.74, 6) is -1.28. The Morgan fingerprint density at radius 3 is 2.33 bits per heavy atom. The summed E-state index contributed by atoms with van der Waals surface area (Å²) in [6, 6.07) is 0. The Morgan fingerprint density at radius 2 is 1.93 bits per heavy atom. The Bertz CT molecular complexity index is 217. The lowest BCUT2D eigenvalue weighted by Crippen LogP contribution is -2.44. The number of carbonyl (C=O) groups is 1. The quantitative estimate of drug-likeness (QED) is 0.755. The van der Waals surface area contributed by atoms with Crippen LogP contribution in [0.15, 0.2) is 0 Å². The second-order valence-corrected chi connectivity index (χ2v) is 4.92. The van der Waals surface area contributed by atoms with Crippen molar-refractivity contribution >= 4 is 5.97 Å². The van der Waals surface area contributed by atoms with Crippen LogP contribution in [-0.4, -0.2) is 21.8 Å². The van der Waals surface area contributed by atoms with Crippen LogP contribution in [0.2, 0.25) is 0 Å². The van der Waals surface area contributed by atoms with Crippen LogP contribution in [0, 0.1) is 11.8 Å². The third kappa shape index (κ3) is 2.94. The lowest BCUT2D eigenvalue weighted by molar-refractivity contribution is -0.156. The van der Waals surface area contributed by atoms with Gasteiger partial charge < -0.3 is 10.2 Å². The Kier molecular flexibility index (Phi) is 4.14. The Balaban J connectivity index is 2.76. The molecule has 3 nitrogen and oxygen atoms in total. The lowest BCUT2D eigenvalue weighted by atomic mass is 9.71. The maximum Gasteiger partial charge on any atom is 0.309 e. The number of rotatable bonds is 4. The second-order valence-electron chi connectivity index (χ2n) is 4.92. The van der Waals surface area contributed by atoms with Gasteiger partial charge in [-0.05, 0) is 32.1 Å². The molecule has 1 aliphatic rings. The van der Waals surface area contributed by atoms with Crippen molar-refractivity contribution in [3.8, 4) is 0 Å². The van der Waals surface area contributed by atoms with Crippen LogP contribution in [0.4, 0.5) is 0 Å². The van der Waals surface area contributed by atoms with E-state index < -0.39 is 17.5 Å². The normalized spacial score (nSPS) is 24.5. The van der Waals surface area contributed by atoms with Gasteiger partial charge in [0, 0.05) is 0 Å². The van der Waals surface area contributed by atoms with E-state index in [4.69, 9.17) is 0 Å². The molecular weight excluding hydrogens is 192 g/mol. The van der Waals surface area contributed by atoms with Crippen molar-refractivity contribution in [2.45, 2.75) is 58.0 Å². The van der Waals surface area contributed by atoms with Gasteiger partial charge in [0.25, 0.3) is 0 Å². The zero-order valence-corrected chi connectivity index (χ0v) is 9.70. The Hall–Kier alpha value is -0.570.